The van der Waals surface area contributed by atoms with Crippen molar-refractivity contribution in [1.29, 1.82) is 0 Å². The van der Waals surface area contributed by atoms with E-state index < -0.39 is 13.2 Å². The van der Waals surface area contributed by atoms with Crippen LogP contribution in [0.25, 0.3) is 11.1 Å². The Kier molecular flexibility index (Phi) is 6.03. The van der Waals surface area contributed by atoms with Crippen LogP contribution in [0.2, 0.25) is 0 Å². The van der Waals surface area contributed by atoms with Gasteiger partial charge in [-0.25, -0.2) is 0 Å². The molecular formula is C16H11ClF4O3. The molecule has 0 saturated carbocycles. The number of hydrogen-bond donors (Lipinski definition) is 0. The van der Waals surface area contributed by atoms with E-state index in [2.05, 4.69) is 9.47 Å². The van der Waals surface area contributed by atoms with Crippen LogP contribution < -0.4 is 9.47 Å². The zero-order valence-corrected chi connectivity index (χ0v) is 12.8. The van der Waals surface area contributed by atoms with Crippen molar-refractivity contribution in [3.63, 3.8) is 0 Å². The number of rotatable bonds is 7. The predicted molar refractivity (Wildman–Crippen MR) is 80.2 cm³/mol. The summed E-state index contributed by atoms with van der Waals surface area (Å²) in [5.74, 6) is -0.897. The van der Waals surface area contributed by atoms with E-state index in [4.69, 9.17) is 11.6 Å². The van der Waals surface area contributed by atoms with Crippen molar-refractivity contribution in [1.82, 2.24) is 0 Å². The summed E-state index contributed by atoms with van der Waals surface area (Å²) in [5, 5.41) is 0. The summed E-state index contributed by atoms with van der Waals surface area (Å²) >= 11 is 5.49. The predicted octanol–water partition coefficient (Wildman–Crippen LogP) is 4.98. The minimum absolute atomic E-state index is 0.0851. The largest absolute Gasteiger partial charge is 0.435 e. The van der Waals surface area contributed by atoms with Gasteiger partial charge in [0, 0.05) is 11.1 Å². The van der Waals surface area contributed by atoms with Gasteiger partial charge in [0.25, 0.3) is 0 Å². The topological polar surface area (TPSA) is 35.5 Å². The van der Waals surface area contributed by atoms with Crippen LogP contribution >= 0.6 is 11.6 Å². The van der Waals surface area contributed by atoms with Crippen molar-refractivity contribution < 1.29 is 31.8 Å². The van der Waals surface area contributed by atoms with E-state index >= 15 is 0 Å². The van der Waals surface area contributed by atoms with Gasteiger partial charge in [-0.05, 0) is 35.9 Å². The fourth-order valence-corrected chi connectivity index (χ4v) is 2.18. The lowest BCUT2D eigenvalue weighted by Gasteiger charge is -2.13. The summed E-state index contributed by atoms with van der Waals surface area (Å²) in [7, 11) is 0. The molecule has 2 aromatic rings. The van der Waals surface area contributed by atoms with Crippen LogP contribution in [0.3, 0.4) is 0 Å². The number of ether oxygens (including phenoxy) is 2. The summed E-state index contributed by atoms with van der Waals surface area (Å²) in [5.41, 5.74) is 0.806. The Labute approximate surface area is 139 Å². The van der Waals surface area contributed by atoms with Crippen molar-refractivity contribution in [3.05, 3.63) is 48.0 Å². The van der Waals surface area contributed by atoms with Crippen molar-refractivity contribution in [2.24, 2.45) is 0 Å². The Hall–Kier alpha value is -2.28. The van der Waals surface area contributed by atoms with Crippen molar-refractivity contribution >= 4 is 17.4 Å². The van der Waals surface area contributed by atoms with Crippen molar-refractivity contribution in [3.8, 4) is 22.6 Å². The monoisotopic (exact) mass is 362 g/mol. The Morgan fingerprint density at radius 1 is 0.958 bits per heavy atom. The van der Waals surface area contributed by atoms with E-state index in [9.17, 15) is 22.4 Å². The number of carbonyl (C=O) groups is 1. The number of halogens is 5. The van der Waals surface area contributed by atoms with Crippen LogP contribution in [-0.4, -0.2) is 24.9 Å². The lowest BCUT2D eigenvalue weighted by atomic mass is 10.0. The van der Waals surface area contributed by atoms with Gasteiger partial charge in [-0.2, -0.15) is 17.6 Å². The molecule has 2 rings (SSSR count). The third-order valence-electron chi connectivity index (χ3n) is 3.03. The average molecular weight is 363 g/mol. The molecule has 0 radical (unpaired) electrons. The fourth-order valence-electron chi connectivity index (χ4n) is 2.02. The van der Waals surface area contributed by atoms with Gasteiger partial charge >= 0.3 is 13.2 Å². The molecule has 3 nitrogen and oxygen atoms in total. The van der Waals surface area contributed by atoms with Crippen molar-refractivity contribution in [2.45, 2.75) is 13.2 Å². The van der Waals surface area contributed by atoms with Gasteiger partial charge in [-0.1, -0.05) is 12.1 Å². The third-order valence-corrected chi connectivity index (χ3v) is 3.27. The van der Waals surface area contributed by atoms with Gasteiger partial charge in [0.15, 0.2) is 5.78 Å². The molecule has 0 unspecified atom stereocenters. The first-order chi connectivity index (χ1) is 11.4. The molecule has 0 aliphatic rings. The van der Waals surface area contributed by atoms with E-state index in [-0.39, 0.29) is 34.3 Å². The Bertz CT molecular complexity index is 705. The zero-order valence-electron chi connectivity index (χ0n) is 12.0. The van der Waals surface area contributed by atoms with Crippen LogP contribution in [-0.2, 0) is 0 Å². The van der Waals surface area contributed by atoms with E-state index in [1.54, 1.807) is 0 Å². The quantitative estimate of drug-likeness (QED) is 0.396. The molecule has 0 aromatic heterocycles. The smallest absolute Gasteiger partial charge is 0.387 e. The number of carbonyl (C=O) groups excluding carboxylic acids is 1. The normalized spacial score (nSPS) is 11.0. The second kappa shape index (κ2) is 8.01. The standard InChI is InChI=1S/C16H11ClF4O3/c17-8-13(22)10-3-6-14(24-16(20)21)12(7-10)9-1-4-11(5-2-9)23-15(18)19/h1-7,15-16H,8H2. The van der Waals surface area contributed by atoms with Gasteiger partial charge in [-0.3, -0.25) is 4.79 Å². The molecular weight excluding hydrogens is 352 g/mol. The highest BCUT2D eigenvalue weighted by Gasteiger charge is 2.15. The number of alkyl halides is 5. The Morgan fingerprint density at radius 2 is 1.58 bits per heavy atom. The molecule has 0 saturated heterocycles. The lowest BCUT2D eigenvalue weighted by Crippen LogP contribution is -2.06. The van der Waals surface area contributed by atoms with Gasteiger partial charge in [-0.15, -0.1) is 11.6 Å². The minimum atomic E-state index is -3.06. The molecule has 0 amide bonds. The van der Waals surface area contributed by atoms with Crippen LogP contribution in [0.1, 0.15) is 10.4 Å². The first-order valence-electron chi connectivity index (χ1n) is 6.64. The third kappa shape index (κ3) is 4.61. The van der Waals surface area contributed by atoms with Crippen LogP contribution in [0.5, 0.6) is 11.5 Å². The van der Waals surface area contributed by atoms with E-state index in [0.717, 1.165) is 0 Å². The first-order valence-corrected chi connectivity index (χ1v) is 7.17. The van der Waals surface area contributed by atoms with Crippen LogP contribution in [0.4, 0.5) is 17.6 Å². The maximum Gasteiger partial charge on any atom is 0.387 e. The van der Waals surface area contributed by atoms with Crippen molar-refractivity contribution in [2.75, 3.05) is 5.88 Å². The van der Waals surface area contributed by atoms with Gasteiger partial charge in [0.1, 0.15) is 11.5 Å². The number of ketones is 1. The maximum absolute atomic E-state index is 12.5. The number of hydrogen-bond acceptors (Lipinski definition) is 3. The van der Waals surface area contributed by atoms with E-state index in [0.29, 0.717) is 5.56 Å². The maximum atomic E-state index is 12.5. The summed E-state index contributed by atoms with van der Waals surface area (Å²) in [6.45, 7) is -6.03. The van der Waals surface area contributed by atoms with Gasteiger partial charge < -0.3 is 9.47 Å². The fraction of sp³-hybridized carbons (Fsp3) is 0.188. The molecule has 0 bridgehead atoms. The molecule has 0 N–H and O–H groups in total. The summed E-state index contributed by atoms with van der Waals surface area (Å²) in [6, 6.07) is 9.19. The van der Waals surface area contributed by atoms with Crippen LogP contribution in [0.15, 0.2) is 42.5 Å². The number of benzene rings is 2. The molecule has 0 atom stereocenters. The molecule has 0 aliphatic carbocycles. The second-order valence-electron chi connectivity index (χ2n) is 4.55. The van der Waals surface area contributed by atoms with E-state index in [1.807, 2.05) is 0 Å². The highest BCUT2D eigenvalue weighted by Crippen LogP contribution is 2.33. The summed E-state index contributed by atoms with van der Waals surface area (Å²) in [6.07, 6.45) is 0. The number of Topliss-reactive ketones (excluding diaryl/α,β-unsaturated/α-hetero) is 1. The summed E-state index contributed by atoms with van der Waals surface area (Å²) < 4.78 is 58.0. The average Bonchev–Trinajstić information content (AvgIpc) is 2.54. The van der Waals surface area contributed by atoms with E-state index in [1.165, 1.54) is 42.5 Å². The molecule has 0 aliphatic heterocycles. The lowest BCUT2D eigenvalue weighted by molar-refractivity contribution is -0.0505. The molecule has 128 valence electrons. The molecule has 0 spiro atoms. The van der Waals surface area contributed by atoms with Crippen LogP contribution in [0, 0.1) is 0 Å². The van der Waals surface area contributed by atoms with Gasteiger partial charge in [0.2, 0.25) is 0 Å². The zero-order chi connectivity index (χ0) is 17.7. The minimum Gasteiger partial charge on any atom is -0.435 e. The SMILES string of the molecule is O=C(CCl)c1ccc(OC(F)F)c(-c2ccc(OC(F)F)cc2)c1. The molecule has 0 heterocycles. The second-order valence-corrected chi connectivity index (χ2v) is 4.82. The molecule has 0 fully saturated rings. The molecule has 24 heavy (non-hydrogen) atoms. The molecule has 8 heteroatoms. The van der Waals surface area contributed by atoms with Gasteiger partial charge in [0.05, 0.1) is 5.88 Å². The Morgan fingerprint density at radius 3 is 2.12 bits per heavy atom. The first kappa shape index (κ1) is 18.1. The highest BCUT2D eigenvalue weighted by molar-refractivity contribution is 6.30. The Balaban J connectivity index is 2.42. The molecule has 2 aromatic carbocycles. The summed E-state index contributed by atoms with van der Waals surface area (Å²) in [4.78, 5) is 11.7. The highest BCUT2D eigenvalue weighted by atomic mass is 35.5.